The number of fused-ring (bicyclic) bond motifs is 1. The first-order chi connectivity index (χ1) is 17.7. The first-order valence-corrected chi connectivity index (χ1v) is 13.4. The largest absolute Gasteiger partial charge is 0.493 e. The van der Waals surface area contributed by atoms with E-state index < -0.39 is 5.97 Å². The molecule has 196 valence electrons. The van der Waals surface area contributed by atoms with Gasteiger partial charge in [0.05, 0.1) is 35.0 Å². The normalized spacial score (nSPS) is 14.3. The van der Waals surface area contributed by atoms with Crippen LogP contribution < -0.4 is 14.4 Å². The number of halogens is 1. The average Bonchev–Trinajstić information content (AvgIpc) is 3.50. The van der Waals surface area contributed by atoms with Crippen LogP contribution in [0.25, 0.3) is 10.7 Å². The Labute approximate surface area is 225 Å². The smallest absolute Gasteiger partial charge is 0.303 e. The van der Waals surface area contributed by atoms with Gasteiger partial charge >= 0.3 is 5.97 Å². The first-order valence-electron chi connectivity index (χ1n) is 12.2. The van der Waals surface area contributed by atoms with Crippen molar-refractivity contribution in [1.82, 2.24) is 9.97 Å². The van der Waals surface area contributed by atoms with Crippen LogP contribution in [0.3, 0.4) is 0 Å². The molecule has 1 aromatic carbocycles. The van der Waals surface area contributed by atoms with Gasteiger partial charge in [-0.1, -0.05) is 38.3 Å². The summed E-state index contributed by atoms with van der Waals surface area (Å²) >= 11 is 7.27. The second-order valence-electron chi connectivity index (χ2n) is 9.49. The molecule has 3 heterocycles. The SMILES string of the molecule is CC(C)CC(=O)O.COc1cc(N2Cc3cc(-c4ncc(Cl)cn4)sc3C2=O)ccc1OCCC1CC1. The first kappa shape index (κ1) is 26.9. The summed E-state index contributed by atoms with van der Waals surface area (Å²) < 4.78 is 11.4. The molecule has 1 N–H and O–H groups in total. The molecular formula is C27H30ClN3O5S. The number of carbonyl (C=O) groups excluding carboxylic acids is 1. The zero-order chi connectivity index (χ0) is 26.5. The highest BCUT2D eigenvalue weighted by atomic mass is 35.5. The van der Waals surface area contributed by atoms with Gasteiger partial charge in [0.15, 0.2) is 17.3 Å². The predicted molar refractivity (Wildman–Crippen MR) is 144 cm³/mol. The number of carboxylic acids is 1. The van der Waals surface area contributed by atoms with Gasteiger partial charge in [0.1, 0.15) is 0 Å². The van der Waals surface area contributed by atoms with Crippen molar-refractivity contribution in [3.8, 4) is 22.2 Å². The van der Waals surface area contributed by atoms with Crippen LogP contribution >= 0.6 is 22.9 Å². The van der Waals surface area contributed by atoms with Crippen molar-refractivity contribution >= 4 is 40.5 Å². The Morgan fingerprint density at radius 3 is 2.51 bits per heavy atom. The van der Waals surface area contributed by atoms with Gasteiger partial charge in [-0.15, -0.1) is 11.3 Å². The summed E-state index contributed by atoms with van der Waals surface area (Å²) in [7, 11) is 1.62. The van der Waals surface area contributed by atoms with Crippen molar-refractivity contribution in [2.45, 2.75) is 46.1 Å². The number of hydrogen-bond donors (Lipinski definition) is 1. The number of rotatable bonds is 9. The van der Waals surface area contributed by atoms with Crippen molar-refractivity contribution in [3.63, 3.8) is 0 Å². The van der Waals surface area contributed by atoms with Crippen LogP contribution in [0, 0.1) is 11.8 Å². The van der Waals surface area contributed by atoms with Crippen molar-refractivity contribution in [2.24, 2.45) is 11.8 Å². The fourth-order valence-corrected chi connectivity index (χ4v) is 5.05. The summed E-state index contributed by atoms with van der Waals surface area (Å²) in [5.41, 5.74) is 1.77. The van der Waals surface area contributed by atoms with E-state index in [9.17, 15) is 9.59 Å². The van der Waals surface area contributed by atoms with E-state index in [0.717, 1.165) is 28.5 Å². The lowest BCUT2D eigenvalue weighted by Gasteiger charge is -2.18. The Bertz CT molecular complexity index is 1260. The molecule has 1 amide bonds. The summed E-state index contributed by atoms with van der Waals surface area (Å²) in [6, 6.07) is 7.64. The van der Waals surface area contributed by atoms with Crippen LogP contribution in [0.15, 0.2) is 36.7 Å². The highest BCUT2D eigenvalue weighted by Gasteiger charge is 2.32. The summed E-state index contributed by atoms with van der Waals surface area (Å²) in [5, 5.41) is 8.57. The number of carboxylic acid groups (broad SMARTS) is 1. The van der Waals surface area contributed by atoms with E-state index in [1.807, 2.05) is 38.1 Å². The quantitative estimate of drug-likeness (QED) is 0.336. The fourth-order valence-electron chi connectivity index (χ4n) is 3.88. The maximum Gasteiger partial charge on any atom is 0.303 e. The fraction of sp³-hybridized carbons (Fsp3) is 0.407. The zero-order valence-electron chi connectivity index (χ0n) is 21.1. The van der Waals surface area contributed by atoms with Gasteiger partial charge in [-0.3, -0.25) is 9.59 Å². The summed E-state index contributed by atoms with van der Waals surface area (Å²) in [5.74, 6) is 2.28. The maximum absolute atomic E-state index is 13.0. The molecule has 1 fully saturated rings. The predicted octanol–water partition coefficient (Wildman–Crippen LogP) is 6.32. The molecule has 2 aromatic heterocycles. The number of methoxy groups -OCH3 is 1. The van der Waals surface area contributed by atoms with Gasteiger partial charge in [-0.25, -0.2) is 9.97 Å². The van der Waals surface area contributed by atoms with E-state index in [4.69, 9.17) is 26.2 Å². The highest BCUT2D eigenvalue weighted by Crippen LogP contribution is 2.40. The third-order valence-corrected chi connectivity index (χ3v) is 7.30. The van der Waals surface area contributed by atoms with Gasteiger partial charge < -0.3 is 19.5 Å². The van der Waals surface area contributed by atoms with Crippen molar-refractivity contribution in [1.29, 1.82) is 0 Å². The molecule has 10 heteroatoms. The topological polar surface area (TPSA) is 102 Å². The summed E-state index contributed by atoms with van der Waals surface area (Å²) in [4.78, 5) is 34.7. The lowest BCUT2D eigenvalue weighted by atomic mass is 10.1. The molecular weight excluding hydrogens is 514 g/mol. The van der Waals surface area contributed by atoms with Crippen molar-refractivity contribution in [3.05, 3.63) is 52.1 Å². The van der Waals surface area contributed by atoms with Gasteiger partial charge in [0, 0.05) is 30.6 Å². The van der Waals surface area contributed by atoms with Crippen LogP contribution in [0.5, 0.6) is 11.5 Å². The number of nitrogens with zero attached hydrogens (tertiary/aromatic N) is 3. The minimum Gasteiger partial charge on any atom is -0.493 e. The molecule has 0 unspecified atom stereocenters. The standard InChI is InChI=1S/C22H20ClN3O3S.C5H10O2/c1-28-18-9-16(4-5-17(18)29-7-6-13-2-3-13)26-12-14-8-19(30-20(14)22(26)27)21-24-10-15(23)11-25-21;1-4(2)3-5(6)7/h4-5,8-11,13H,2-3,6-7,12H2,1H3;4H,3H2,1-2H3,(H,6,7). The molecule has 1 aliphatic carbocycles. The second kappa shape index (κ2) is 11.9. The van der Waals surface area contributed by atoms with Crippen LogP contribution in [0.4, 0.5) is 5.69 Å². The van der Waals surface area contributed by atoms with E-state index in [0.29, 0.717) is 40.4 Å². The number of thiophene rings is 1. The van der Waals surface area contributed by atoms with Gasteiger partial charge in [0.2, 0.25) is 0 Å². The Hall–Kier alpha value is -3.17. The molecule has 0 spiro atoms. The number of amides is 1. The number of anilines is 1. The average molecular weight is 544 g/mol. The number of ether oxygens (including phenoxy) is 2. The third-order valence-electron chi connectivity index (χ3n) is 5.94. The molecule has 0 saturated heterocycles. The molecule has 1 saturated carbocycles. The van der Waals surface area contributed by atoms with Crippen molar-refractivity contribution < 1.29 is 24.2 Å². The Kier molecular flexibility index (Phi) is 8.66. The molecule has 5 rings (SSSR count). The van der Waals surface area contributed by atoms with Gasteiger partial charge in [0.25, 0.3) is 5.91 Å². The van der Waals surface area contributed by atoms with Crippen LogP contribution in [-0.2, 0) is 11.3 Å². The molecule has 0 radical (unpaired) electrons. The number of hydrogen-bond acceptors (Lipinski definition) is 7. The minimum absolute atomic E-state index is 0.0281. The highest BCUT2D eigenvalue weighted by molar-refractivity contribution is 7.17. The number of carbonyl (C=O) groups is 2. The lowest BCUT2D eigenvalue weighted by molar-refractivity contribution is -0.137. The third kappa shape index (κ3) is 6.99. The molecule has 2 aliphatic rings. The van der Waals surface area contributed by atoms with E-state index in [1.165, 1.54) is 24.2 Å². The Morgan fingerprint density at radius 1 is 1.22 bits per heavy atom. The van der Waals surface area contributed by atoms with Crippen LogP contribution in [-0.4, -0.2) is 40.7 Å². The Balaban J connectivity index is 0.000000405. The van der Waals surface area contributed by atoms with Crippen LogP contribution in [0.1, 0.15) is 54.8 Å². The van der Waals surface area contributed by atoms with E-state index in [1.54, 1.807) is 24.4 Å². The number of aliphatic carboxylic acids is 1. The molecule has 1 aliphatic heterocycles. The maximum atomic E-state index is 13.0. The molecule has 8 nitrogen and oxygen atoms in total. The van der Waals surface area contributed by atoms with Crippen molar-refractivity contribution in [2.75, 3.05) is 18.6 Å². The van der Waals surface area contributed by atoms with Gasteiger partial charge in [-0.2, -0.15) is 0 Å². The van der Waals surface area contributed by atoms with Crippen LogP contribution in [0.2, 0.25) is 5.02 Å². The summed E-state index contributed by atoms with van der Waals surface area (Å²) in [6.45, 7) is 4.96. The molecule has 37 heavy (non-hydrogen) atoms. The molecule has 3 aromatic rings. The number of aromatic nitrogens is 2. The summed E-state index contributed by atoms with van der Waals surface area (Å²) in [6.07, 6.45) is 7.10. The second-order valence-corrected chi connectivity index (χ2v) is 11.0. The molecule has 0 atom stereocenters. The van der Waals surface area contributed by atoms with Gasteiger partial charge in [-0.05, 0) is 42.0 Å². The number of benzene rings is 1. The van der Waals surface area contributed by atoms with E-state index in [2.05, 4.69) is 9.97 Å². The van der Waals surface area contributed by atoms with E-state index in [-0.39, 0.29) is 18.2 Å². The lowest BCUT2D eigenvalue weighted by Crippen LogP contribution is -2.23. The monoisotopic (exact) mass is 543 g/mol. The van der Waals surface area contributed by atoms with E-state index >= 15 is 0 Å². The molecule has 0 bridgehead atoms. The zero-order valence-corrected chi connectivity index (χ0v) is 22.6. The Morgan fingerprint density at radius 2 is 1.95 bits per heavy atom. The minimum atomic E-state index is -0.713.